The Bertz CT molecular complexity index is 678. The van der Waals surface area contributed by atoms with Crippen molar-refractivity contribution in [3.63, 3.8) is 0 Å². The number of aryl methyl sites for hydroxylation is 2. The molecule has 0 atom stereocenters. The van der Waals surface area contributed by atoms with Gasteiger partial charge in [0.1, 0.15) is 24.0 Å². The van der Waals surface area contributed by atoms with Crippen molar-refractivity contribution >= 4 is 17.4 Å². The quantitative estimate of drug-likeness (QED) is 0.663. The van der Waals surface area contributed by atoms with Gasteiger partial charge >= 0.3 is 0 Å². The highest BCUT2D eigenvalue weighted by Gasteiger charge is 2.12. The standard InChI is InChI=1S/C16H16ClFN2O/c1-9-6-12(17)7-10(2)15(9)21-8-11-4-3-5-13(14(11)18)16(19)20/h3-7H,8H2,1-2H3,(H3,19,20). The van der Waals surface area contributed by atoms with E-state index in [9.17, 15) is 4.39 Å². The van der Waals surface area contributed by atoms with Gasteiger partial charge in [0.05, 0.1) is 5.56 Å². The van der Waals surface area contributed by atoms with Crippen LogP contribution in [0.3, 0.4) is 0 Å². The number of hydrogen-bond acceptors (Lipinski definition) is 2. The molecule has 2 aromatic carbocycles. The zero-order valence-corrected chi connectivity index (χ0v) is 12.6. The Morgan fingerprint density at radius 1 is 1.29 bits per heavy atom. The highest BCUT2D eigenvalue weighted by atomic mass is 35.5. The van der Waals surface area contributed by atoms with E-state index in [1.165, 1.54) is 6.07 Å². The monoisotopic (exact) mass is 306 g/mol. The molecule has 0 fully saturated rings. The molecule has 3 nitrogen and oxygen atoms in total. The van der Waals surface area contributed by atoms with E-state index < -0.39 is 5.82 Å². The SMILES string of the molecule is Cc1cc(Cl)cc(C)c1OCc1cccc(C(=N)N)c1F. The molecule has 0 radical (unpaired) electrons. The van der Waals surface area contributed by atoms with E-state index in [4.69, 9.17) is 27.5 Å². The van der Waals surface area contributed by atoms with Gasteiger partial charge in [0.25, 0.3) is 0 Å². The number of hydrogen-bond donors (Lipinski definition) is 2. The van der Waals surface area contributed by atoms with Gasteiger partial charge in [-0.3, -0.25) is 5.41 Å². The summed E-state index contributed by atoms with van der Waals surface area (Å²) in [5, 5.41) is 7.98. The average molecular weight is 307 g/mol. The molecule has 2 rings (SSSR count). The molecular weight excluding hydrogens is 291 g/mol. The third-order valence-electron chi connectivity index (χ3n) is 3.17. The van der Waals surface area contributed by atoms with Crippen LogP contribution in [-0.4, -0.2) is 5.84 Å². The van der Waals surface area contributed by atoms with Crippen LogP contribution in [0.4, 0.5) is 4.39 Å². The lowest BCUT2D eigenvalue weighted by Crippen LogP contribution is -2.15. The van der Waals surface area contributed by atoms with Gasteiger partial charge in [0, 0.05) is 10.6 Å². The molecule has 2 aromatic rings. The number of nitrogens with one attached hydrogen (secondary N) is 1. The van der Waals surface area contributed by atoms with Gasteiger partial charge in [-0.05, 0) is 43.2 Å². The number of ether oxygens (including phenoxy) is 1. The van der Waals surface area contributed by atoms with E-state index >= 15 is 0 Å². The molecule has 0 aliphatic rings. The minimum atomic E-state index is -0.519. The van der Waals surface area contributed by atoms with Crippen LogP contribution in [0.5, 0.6) is 5.75 Å². The molecule has 0 saturated heterocycles. The van der Waals surface area contributed by atoms with Crippen LogP contribution < -0.4 is 10.5 Å². The first-order valence-corrected chi connectivity index (χ1v) is 6.79. The number of rotatable bonds is 4. The Balaban J connectivity index is 2.25. The summed E-state index contributed by atoms with van der Waals surface area (Å²) in [5.74, 6) is -0.130. The molecule has 0 spiro atoms. The van der Waals surface area contributed by atoms with E-state index in [2.05, 4.69) is 0 Å². The maximum atomic E-state index is 14.2. The van der Waals surface area contributed by atoms with Gasteiger partial charge in [-0.1, -0.05) is 23.7 Å². The highest BCUT2D eigenvalue weighted by molar-refractivity contribution is 6.30. The number of benzene rings is 2. The van der Waals surface area contributed by atoms with Crippen molar-refractivity contribution in [3.8, 4) is 5.75 Å². The number of amidine groups is 1. The highest BCUT2D eigenvalue weighted by Crippen LogP contribution is 2.28. The van der Waals surface area contributed by atoms with Gasteiger partial charge < -0.3 is 10.5 Å². The lowest BCUT2D eigenvalue weighted by atomic mass is 10.1. The van der Waals surface area contributed by atoms with Crippen LogP contribution in [0.15, 0.2) is 30.3 Å². The average Bonchev–Trinajstić information content (AvgIpc) is 2.38. The molecule has 0 aliphatic carbocycles. The van der Waals surface area contributed by atoms with E-state index in [1.807, 2.05) is 13.8 Å². The predicted octanol–water partition coefficient (Wildman–Crippen LogP) is 3.96. The number of nitrogens with two attached hydrogens (primary N) is 1. The lowest BCUT2D eigenvalue weighted by Gasteiger charge is -2.14. The third kappa shape index (κ3) is 3.34. The van der Waals surface area contributed by atoms with Crippen LogP contribution in [0.2, 0.25) is 5.02 Å². The summed E-state index contributed by atoms with van der Waals surface area (Å²) in [6, 6.07) is 8.33. The Morgan fingerprint density at radius 3 is 2.48 bits per heavy atom. The summed E-state index contributed by atoms with van der Waals surface area (Å²) < 4.78 is 19.9. The van der Waals surface area contributed by atoms with Crippen LogP contribution in [0, 0.1) is 25.1 Å². The summed E-state index contributed by atoms with van der Waals surface area (Å²) in [5.41, 5.74) is 7.57. The largest absolute Gasteiger partial charge is 0.488 e. The Hall–Kier alpha value is -2.07. The van der Waals surface area contributed by atoms with Crippen molar-refractivity contribution in [3.05, 3.63) is 63.4 Å². The second kappa shape index (κ2) is 6.14. The Morgan fingerprint density at radius 2 is 1.90 bits per heavy atom. The summed E-state index contributed by atoms with van der Waals surface area (Å²) in [7, 11) is 0. The second-order valence-electron chi connectivity index (χ2n) is 4.85. The molecule has 0 saturated carbocycles. The molecule has 5 heteroatoms. The first-order valence-electron chi connectivity index (χ1n) is 6.41. The van der Waals surface area contributed by atoms with Crippen molar-refractivity contribution in [1.82, 2.24) is 0 Å². The van der Waals surface area contributed by atoms with Crippen molar-refractivity contribution in [2.75, 3.05) is 0 Å². The van der Waals surface area contributed by atoms with Crippen LogP contribution in [-0.2, 0) is 6.61 Å². The van der Waals surface area contributed by atoms with Crippen molar-refractivity contribution < 1.29 is 9.13 Å². The third-order valence-corrected chi connectivity index (χ3v) is 3.38. The minimum absolute atomic E-state index is 0.0657. The number of halogens is 2. The normalized spacial score (nSPS) is 10.5. The van der Waals surface area contributed by atoms with Crippen molar-refractivity contribution in [1.29, 1.82) is 5.41 Å². The van der Waals surface area contributed by atoms with E-state index in [1.54, 1.807) is 24.3 Å². The maximum Gasteiger partial charge on any atom is 0.140 e. The molecular formula is C16H16ClFN2O. The predicted molar refractivity (Wildman–Crippen MR) is 82.7 cm³/mol. The van der Waals surface area contributed by atoms with Gasteiger partial charge in [-0.15, -0.1) is 0 Å². The second-order valence-corrected chi connectivity index (χ2v) is 5.29. The van der Waals surface area contributed by atoms with Crippen molar-refractivity contribution in [2.24, 2.45) is 5.73 Å². The van der Waals surface area contributed by atoms with Gasteiger partial charge in [-0.25, -0.2) is 4.39 Å². The van der Waals surface area contributed by atoms with Crippen LogP contribution in [0.1, 0.15) is 22.3 Å². The molecule has 0 bridgehead atoms. The summed E-state index contributed by atoms with van der Waals surface area (Å²) in [4.78, 5) is 0. The maximum absolute atomic E-state index is 14.2. The fourth-order valence-electron chi connectivity index (χ4n) is 2.17. The molecule has 110 valence electrons. The lowest BCUT2D eigenvalue weighted by molar-refractivity contribution is 0.295. The molecule has 0 aliphatic heterocycles. The summed E-state index contributed by atoms with van der Waals surface area (Å²) in [6.45, 7) is 3.84. The molecule has 0 aromatic heterocycles. The first kappa shape index (κ1) is 15.3. The zero-order chi connectivity index (χ0) is 15.6. The molecule has 21 heavy (non-hydrogen) atoms. The van der Waals surface area contributed by atoms with Gasteiger partial charge in [-0.2, -0.15) is 0 Å². The molecule has 3 N–H and O–H groups in total. The zero-order valence-electron chi connectivity index (χ0n) is 11.8. The van der Waals surface area contributed by atoms with E-state index in [0.29, 0.717) is 16.3 Å². The fourth-order valence-corrected chi connectivity index (χ4v) is 2.50. The topological polar surface area (TPSA) is 59.1 Å². The summed E-state index contributed by atoms with van der Waals surface area (Å²) >= 11 is 5.97. The Labute approximate surface area is 128 Å². The minimum Gasteiger partial charge on any atom is -0.488 e. The van der Waals surface area contributed by atoms with E-state index in [-0.39, 0.29) is 18.0 Å². The molecule has 0 amide bonds. The summed E-state index contributed by atoms with van der Waals surface area (Å²) in [6.07, 6.45) is 0. The van der Waals surface area contributed by atoms with Gasteiger partial charge in [0.15, 0.2) is 0 Å². The first-order chi connectivity index (χ1) is 9.90. The van der Waals surface area contributed by atoms with Crippen molar-refractivity contribution in [2.45, 2.75) is 20.5 Å². The molecule has 0 heterocycles. The molecule has 0 unspecified atom stereocenters. The van der Waals surface area contributed by atoms with Crippen LogP contribution in [0.25, 0.3) is 0 Å². The van der Waals surface area contributed by atoms with Gasteiger partial charge in [0.2, 0.25) is 0 Å². The number of nitrogen functional groups attached to an aromatic ring is 1. The fraction of sp³-hybridized carbons (Fsp3) is 0.188. The smallest absolute Gasteiger partial charge is 0.140 e. The van der Waals surface area contributed by atoms with E-state index in [0.717, 1.165) is 11.1 Å². The Kier molecular flexibility index (Phi) is 4.48. The van der Waals surface area contributed by atoms with Crippen LogP contribution >= 0.6 is 11.6 Å².